The van der Waals surface area contributed by atoms with E-state index in [2.05, 4.69) is 20.7 Å². The van der Waals surface area contributed by atoms with Crippen LogP contribution in [0.1, 0.15) is 41.0 Å². The number of hydrazine groups is 1. The Balaban J connectivity index is 1.84. The molecule has 0 bridgehead atoms. The molecule has 3 rings (SSSR count). The number of carbonyl (C=O) groups excluding carboxylic acids is 1. The Hall–Kier alpha value is -3.04. The smallest absolute Gasteiger partial charge is 0.259 e. The number of nitrogens with two attached hydrogens (primary N) is 2. The van der Waals surface area contributed by atoms with Gasteiger partial charge in [-0.3, -0.25) is 9.80 Å². The molecule has 0 saturated carbocycles. The lowest BCUT2D eigenvalue weighted by molar-refractivity contribution is 0.102. The van der Waals surface area contributed by atoms with Crippen molar-refractivity contribution in [2.45, 2.75) is 32.9 Å². The average Bonchev–Trinajstić information content (AvgIpc) is 2.68. The van der Waals surface area contributed by atoms with Gasteiger partial charge in [0.05, 0.1) is 5.56 Å². The van der Waals surface area contributed by atoms with Crippen molar-refractivity contribution in [3.05, 3.63) is 58.5 Å². The highest BCUT2D eigenvalue weighted by Crippen LogP contribution is 2.20. The number of nitrogens with one attached hydrogen (secondary N) is 2. The lowest BCUT2D eigenvalue weighted by atomic mass is 9.98. The summed E-state index contributed by atoms with van der Waals surface area (Å²) in [5, 5.41) is 10.9. The first-order valence-corrected chi connectivity index (χ1v) is 9.03. The van der Waals surface area contributed by atoms with Gasteiger partial charge in [0.2, 0.25) is 0 Å². The van der Waals surface area contributed by atoms with Gasteiger partial charge in [-0.05, 0) is 62.2 Å². The van der Waals surface area contributed by atoms with Gasteiger partial charge in [0.15, 0.2) is 5.84 Å². The number of hydrazone groups is 1. The Labute approximate surface area is 162 Å². The highest BCUT2D eigenvalue weighted by molar-refractivity contribution is 6.04. The molecule has 2 heterocycles. The van der Waals surface area contributed by atoms with E-state index in [1.807, 2.05) is 13.8 Å². The molecular formula is C19H24FN7O. The number of halogens is 1. The van der Waals surface area contributed by atoms with E-state index < -0.39 is 11.7 Å². The normalized spacial score (nSPS) is 14.0. The van der Waals surface area contributed by atoms with Gasteiger partial charge in [-0.15, -0.1) is 0 Å². The van der Waals surface area contributed by atoms with Crippen LogP contribution in [-0.2, 0) is 13.0 Å². The highest BCUT2D eigenvalue weighted by Gasteiger charge is 2.19. The van der Waals surface area contributed by atoms with Crippen LogP contribution in [0.15, 0.2) is 35.4 Å². The molecule has 1 aromatic heterocycles. The third-order valence-corrected chi connectivity index (χ3v) is 4.56. The third-order valence-electron chi connectivity index (χ3n) is 4.56. The van der Waals surface area contributed by atoms with Crippen molar-refractivity contribution in [1.82, 2.24) is 15.3 Å². The van der Waals surface area contributed by atoms with E-state index in [1.165, 1.54) is 11.1 Å². The summed E-state index contributed by atoms with van der Waals surface area (Å²) in [5.74, 6) is 10.8. The molecule has 0 saturated heterocycles. The van der Waals surface area contributed by atoms with Crippen LogP contribution in [0.25, 0.3) is 0 Å². The predicted octanol–water partition coefficient (Wildman–Crippen LogP) is 1.32. The Morgan fingerprint density at radius 2 is 2.14 bits per heavy atom. The monoisotopic (exact) mass is 385 g/mol. The van der Waals surface area contributed by atoms with E-state index in [4.69, 9.17) is 11.7 Å². The summed E-state index contributed by atoms with van der Waals surface area (Å²) < 4.78 is 14.4. The molecule has 0 radical (unpaired) electrons. The summed E-state index contributed by atoms with van der Waals surface area (Å²) >= 11 is 0. The van der Waals surface area contributed by atoms with Gasteiger partial charge in [-0.2, -0.15) is 5.10 Å². The molecule has 1 amide bonds. The highest BCUT2D eigenvalue weighted by atomic mass is 19.1. The summed E-state index contributed by atoms with van der Waals surface area (Å²) in [6, 6.07) is 7.93. The van der Waals surface area contributed by atoms with Gasteiger partial charge in [-0.25, -0.2) is 15.2 Å². The van der Waals surface area contributed by atoms with Crippen molar-refractivity contribution in [3.8, 4) is 0 Å². The lowest BCUT2D eigenvalue weighted by Crippen LogP contribution is -2.44. The van der Waals surface area contributed by atoms with Crippen molar-refractivity contribution >= 4 is 17.6 Å². The van der Waals surface area contributed by atoms with E-state index in [-0.39, 0.29) is 23.3 Å². The number of amidine groups is 1. The number of rotatable bonds is 4. The third kappa shape index (κ3) is 4.10. The molecule has 0 unspecified atom stereocenters. The number of anilines is 1. The molecule has 0 atom stereocenters. The molecular weight excluding hydrogens is 361 g/mol. The minimum atomic E-state index is -0.574. The molecule has 0 fully saturated rings. The Bertz CT molecular complexity index is 913. The number of nitrogens with zero attached hydrogens (tertiary/aromatic N) is 3. The minimum absolute atomic E-state index is 0.0231. The Morgan fingerprint density at radius 3 is 2.86 bits per heavy atom. The average molecular weight is 385 g/mol. The van der Waals surface area contributed by atoms with Gasteiger partial charge in [0, 0.05) is 12.6 Å². The molecule has 6 N–H and O–H groups in total. The molecule has 0 spiro atoms. The van der Waals surface area contributed by atoms with Crippen LogP contribution in [-0.4, -0.2) is 34.3 Å². The quantitative estimate of drug-likeness (QED) is 0.273. The van der Waals surface area contributed by atoms with Crippen LogP contribution in [0.2, 0.25) is 0 Å². The topological polar surface area (TPSA) is 122 Å². The first-order chi connectivity index (χ1) is 13.4. The number of pyridine rings is 1. The first kappa shape index (κ1) is 19.7. The van der Waals surface area contributed by atoms with Crippen molar-refractivity contribution in [3.63, 3.8) is 0 Å². The second-order valence-electron chi connectivity index (χ2n) is 6.84. The second kappa shape index (κ2) is 8.32. The van der Waals surface area contributed by atoms with Gasteiger partial charge >= 0.3 is 0 Å². The number of hydrogen-bond donors (Lipinski definition) is 4. The van der Waals surface area contributed by atoms with Crippen molar-refractivity contribution in [2.75, 3.05) is 11.9 Å². The Kier molecular flexibility index (Phi) is 5.86. The van der Waals surface area contributed by atoms with Crippen LogP contribution in [0.5, 0.6) is 0 Å². The predicted molar refractivity (Wildman–Crippen MR) is 106 cm³/mol. The number of fused-ring (bicyclic) bond motifs is 1. The first-order valence-electron chi connectivity index (χ1n) is 9.03. The van der Waals surface area contributed by atoms with E-state index in [0.29, 0.717) is 12.2 Å². The lowest BCUT2D eigenvalue weighted by Gasteiger charge is -2.23. The zero-order chi connectivity index (χ0) is 20.3. The van der Waals surface area contributed by atoms with Gasteiger partial charge in [0.25, 0.3) is 5.91 Å². The fraction of sp³-hybridized carbons (Fsp3) is 0.316. The summed E-state index contributed by atoms with van der Waals surface area (Å²) in [6.45, 7) is 5.17. The maximum atomic E-state index is 14.4. The number of benzene rings is 1. The summed E-state index contributed by atoms with van der Waals surface area (Å²) in [4.78, 5) is 16.9. The van der Waals surface area contributed by atoms with E-state index in [1.54, 1.807) is 24.3 Å². The molecule has 9 heteroatoms. The SMILES string of the molecule is CC(C)N(N)/C(=N\N)c1cccc(NC(=O)c2cc3c(cc2F)CCNC3)n1. The van der Waals surface area contributed by atoms with Crippen LogP contribution < -0.4 is 22.3 Å². The fourth-order valence-corrected chi connectivity index (χ4v) is 3.00. The van der Waals surface area contributed by atoms with E-state index >= 15 is 0 Å². The van der Waals surface area contributed by atoms with E-state index in [9.17, 15) is 9.18 Å². The maximum absolute atomic E-state index is 14.4. The van der Waals surface area contributed by atoms with Gasteiger partial charge in [-0.1, -0.05) is 6.07 Å². The molecule has 0 aliphatic carbocycles. The molecule has 8 nitrogen and oxygen atoms in total. The minimum Gasteiger partial charge on any atom is -0.321 e. The molecule has 1 aliphatic heterocycles. The molecule has 148 valence electrons. The van der Waals surface area contributed by atoms with Crippen LogP contribution in [0, 0.1) is 5.82 Å². The van der Waals surface area contributed by atoms with Gasteiger partial charge < -0.3 is 16.5 Å². The number of carbonyl (C=O) groups is 1. The van der Waals surface area contributed by atoms with Crippen molar-refractivity contribution < 1.29 is 9.18 Å². The maximum Gasteiger partial charge on any atom is 0.259 e. The standard InChI is InChI=1S/C19H24FN7O/c1-11(2)27(22)18(26-21)16-4-3-5-17(24-16)25-19(28)14-8-13-10-23-7-6-12(13)9-15(14)20/h3-5,8-9,11,23H,6-7,10,21-22H2,1-2H3,(H,24,25,28)/b26-18-. The summed E-state index contributed by atoms with van der Waals surface area (Å²) in [6.07, 6.45) is 0.740. The molecule has 28 heavy (non-hydrogen) atoms. The summed E-state index contributed by atoms with van der Waals surface area (Å²) in [7, 11) is 0. The summed E-state index contributed by atoms with van der Waals surface area (Å²) in [5.41, 5.74) is 2.22. The van der Waals surface area contributed by atoms with Gasteiger partial charge in [0.1, 0.15) is 17.3 Å². The molecule has 2 aromatic rings. The van der Waals surface area contributed by atoms with Crippen molar-refractivity contribution in [2.24, 2.45) is 16.8 Å². The van der Waals surface area contributed by atoms with Crippen molar-refractivity contribution in [1.29, 1.82) is 0 Å². The number of hydrogen-bond acceptors (Lipinski definition) is 6. The zero-order valence-electron chi connectivity index (χ0n) is 15.9. The van der Waals surface area contributed by atoms with Crippen LogP contribution in [0.4, 0.5) is 10.2 Å². The van der Waals surface area contributed by atoms with Crippen LogP contribution in [0.3, 0.4) is 0 Å². The fourth-order valence-electron chi connectivity index (χ4n) is 3.00. The number of aromatic nitrogens is 1. The largest absolute Gasteiger partial charge is 0.321 e. The molecule has 1 aromatic carbocycles. The molecule has 1 aliphatic rings. The van der Waals surface area contributed by atoms with Crippen LogP contribution >= 0.6 is 0 Å². The van der Waals surface area contributed by atoms with E-state index in [0.717, 1.165) is 24.1 Å². The number of amides is 1. The zero-order valence-corrected chi connectivity index (χ0v) is 15.9. The second-order valence-corrected chi connectivity index (χ2v) is 6.84. The Morgan fingerprint density at radius 1 is 1.36 bits per heavy atom.